The molecule has 3 N–H and O–H groups in total. The van der Waals surface area contributed by atoms with Gasteiger partial charge in [0.05, 0.1) is 0 Å². The Morgan fingerprint density at radius 2 is 2.21 bits per heavy atom. The highest BCUT2D eigenvalue weighted by Crippen LogP contribution is 2.09. The molecule has 2 heterocycles. The van der Waals surface area contributed by atoms with Crippen LogP contribution < -0.4 is 11.3 Å². The third kappa shape index (κ3) is 1.07. The first kappa shape index (κ1) is 8.74. The van der Waals surface area contributed by atoms with E-state index in [1.165, 1.54) is 0 Å². The van der Waals surface area contributed by atoms with E-state index in [0.717, 1.165) is 12.2 Å². The number of aromatic nitrogens is 4. The SMILES string of the molecule is CCc1nc2c(=O)[nH]c(N)nc2n1C. The lowest BCUT2D eigenvalue weighted by molar-refractivity contribution is 0.821. The minimum atomic E-state index is -0.289. The molecular weight excluding hydrogens is 182 g/mol. The fourth-order valence-electron chi connectivity index (χ4n) is 1.45. The molecule has 6 nitrogen and oxygen atoms in total. The number of nitrogens with two attached hydrogens (primary N) is 1. The van der Waals surface area contributed by atoms with E-state index in [2.05, 4.69) is 15.0 Å². The van der Waals surface area contributed by atoms with Gasteiger partial charge in [0.25, 0.3) is 5.56 Å². The maximum Gasteiger partial charge on any atom is 0.280 e. The standard InChI is InChI=1S/C8H11N5O/c1-3-4-10-5-6(13(4)2)11-8(9)12-7(5)14/h3H2,1-2H3,(H3,9,11,12,14). The fourth-order valence-corrected chi connectivity index (χ4v) is 1.45. The Balaban J connectivity index is 2.92. The van der Waals surface area contributed by atoms with E-state index in [0.29, 0.717) is 11.2 Å². The fraction of sp³-hybridized carbons (Fsp3) is 0.375. The van der Waals surface area contributed by atoms with Crippen LogP contribution in [0.25, 0.3) is 11.2 Å². The smallest absolute Gasteiger partial charge is 0.280 e. The van der Waals surface area contributed by atoms with Crippen LogP contribution in [0, 0.1) is 0 Å². The Labute approximate surface area is 79.8 Å². The van der Waals surface area contributed by atoms with Crippen molar-refractivity contribution in [2.45, 2.75) is 13.3 Å². The molecule has 0 aliphatic heterocycles. The zero-order chi connectivity index (χ0) is 10.3. The van der Waals surface area contributed by atoms with Crippen LogP contribution in [0.4, 0.5) is 5.95 Å². The number of fused-ring (bicyclic) bond motifs is 1. The number of aromatic amines is 1. The van der Waals surface area contributed by atoms with Crippen molar-refractivity contribution in [3.05, 3.63) is 16.2 Å². The molecule has 0 spiro atoms. The average Bonchev–Trinajstić information content (AvgIpc) is 2.44. The Morgan fingerprint density at radius 3 is 2.86 bits per heavy atom. The number of nitrogens with one attached hydrogen (secondary N) is 1. The summed E-state index contributed by atoms with van der Waals surface area (Å²) in [5.74, 6) is 0.941. The molecule has 0 saturated carbocycles. The van der Waals surface area contributed by atoms with Crippen LogP contribution in [-0.2, 0) is 13.5 Å². The summed E-state index contributed by atoms with van der Waals surface area (Å²) in [6.07, 6.45) is 0.756. The Bertz CT molecular complexity index is 538. The summed E-state index contributed by atoms with van der Waals surface area (Å²) in [6.45, 7) is 1.97. The Hall–Kier alpha value is -1.85. The van der Waals surface area contributed by atoms with Crippen LogP contribution in [-0.4, -0.2) is 19.5 Å². The quantitative estimate of drug-likeness (QED) is 0.656. The maximum absolute atomic E-state index is 11.4. The molecule has 0 fully saturated rings. The number of imidazole rings is 1. The lowest BCUT2D eigenvalue weighted by Gasteiger charge is -1.97. The van der Waals surface area contributed by atoms with Crippen molar-refractivity contribution in [3.63, 3.8) is 0 Å². The van der Waals surface area contributed by atoms with Crippen LogP contribution in [0.1, 0.15) is 12.7 Å². The average molecular weight is 193 g/mol. The summed E-state index contributed by atoms with van der Waals surface area (Å²) in [7, 11) is 1.82. The first-order valence-corrected chi connectivity index (χ1v) is 4.34. The van der Waals surface area contributed by atoms with E-state index in [1.54, 1.807) is 4.57 Å². The molecule has 74 valence electrons. The van der Waals surface area contributed by atoms with Gasteiger partial charge in [0, 0.05) is 13.5 Å². The minimum Gasteiger partial charge on any atom is -0.369 e. The lowest BCUT2D eigenvalue weighted by Crippen LogP contribution is -2.11. The highest BCUT2D eigenvalue weighted by Gasteiger charge is 2.10. The molecule has 6 heteroatoms. The zero-order valence-corrected chi connectivity index (χ0v) is 8.03. The summed E-state index contributed by atoms with van der Waals surface area (Å²) < 4.78 is 1.78. The van der Waals surface area contributed by atoms with Gasteiger partial charge in [0.15, 0.2) is 11.2 Å². The van der Waals surface area contributed by atoms with E-state index in [1.807, 2.05) is 14.0 Å². The molecule has 0 aliphatic rings. The molecule has 0 aliphatic carbocycles. The van der Waals surface area contributed by atoms with Gasteiger partial charge in [-0.2, -0.15) is 4.98 Å². The summed E-state index contributed by atoms with van der Waals surface area (Å²) in [5, 5.41) is 0. The molecule has 2 aromatic heterocycles. The third-order valence-corrected chi connectivity index (χ3v) is 2.16. The number of aryl methyl sites for hydroxylation is 2. The second kappa shape index (κ2) is 2.83. The van der Waals surface area contributed by atoms with Crippen LogP contribution in [0.3, 0.4) is 0 Å². The number of hydrogen-bond acceptors (Lipinski definition) is 4. The predicted molar refractivity (Wildman–Crippen MR) is 52.9 cm³/mol. The third-order valence-electron chi connectivity index (χ3n) is 2.16. The van der Waals surface area contributed by atoms with Crippen molar-refractivity contribution in [2.75, 3.05) is 5.73 Å². The second-order valence-corrected chi connectivity index (χ2v) is 3.06. The highest BCUT2D eigenvalue weighted by molar-refractivity contribution is 5.71. The van der Waals surface area contributed by atoms with Crippen molar-refractivity contribution < 1.29 is 0 Å². The summed E-state index contributed by atoms with van der Waals surface area (Å²) >= 11 is 0. The molecule has 0 amide bonds. The molecule has 0 radical (unpaired) electrons. The molecule has 2 aromatic rings. The van der Waals surface area contributed by atoms with Gasteiger partial charge < -0.3 is 10.3 Å². The van der Waals surface area contributed by atoms with E-state index in [4.69, 9.17) is 5.73 Å². The largest absolute Gasteiger partial charge is 0.369 e. The van der Waals surface area contributed by atoms with E-state index < -0.39 is 0 Å². The highest BCUT2D eigenvalue weighted by atomic mass is 16.1. The molecule has 0 unspecified atom stereocenters. The summed E-state index contributed by atoms with van der Waals surface area (Å²) in [5.41, 5.74) is 6.02. The summed E-state index contributed by atoms with van der Waals surface area (Å²) in [4.78, 5) is 22.0. The topological polar surface area (TPSA) is 89.6 Å². The van der Waals surface area contributed by atoms with Gasteiger partial charge >= 0.3 is 0 Å². The molecule has 2 rings (SSSR count). The molecule has 14 heavy (non-hydrogen) atoms. The van der Waals surface area contributed by atoms with Gasteiger partial charge in [0.2, 0.25) is 5.95 Å². The Kier molecular flexibility index (Phi) is 1.77. The first-order chi connectivity index (χ1) is 6.63. The van der Waals surface area contributed by atoms with Crippen molar-refractivity contribution in [1.82, 2.24) is 19.5 Å². The number of H-pyrrole nitrogens is 1. The van der Waals surface area contributed by atoms with E-state index in [9.17, 15) is 4.79 Å². The van der Waals surface area contributed by atoms with Crippen molar-refractivity contribution >= 4 is 17.1 Å². The number of nitrogen functional groups attached to an aromatic ring is 1. The van der Waals surface area contributed by atoms with Gasteiger partial charge in [-0.1, -0.05) is 6.92 Å². The van der Waals surface area contributed by atoms with Gasteiger partial charge in [-0.3, -0.25) is 9.78 Å². The van der Waals surface area contributed by atoms with Gasteiger partial charge in [-0.25, -0.2) is 4.98 Å². The number of hydrogen-bond donors (Lipinski definition) is 2. The van der Waals surface area contributed by atoms with Crippen molar-refractivity contribution in [2.24, 2.45) is 7.05 Å². The monoisotopic (exact) mass is 193 g/mol. The first-order valence-electron chi connectivity index (χ1n) is 4.34. The van der Waals surface area contributed by atoms with E-state index >= 15 is 0 Å². The van der Waals surface area contributed by atoms with Crippen LogP contribution >= 0.6 is 0 Å². The molecule has 0 atom stereocenters. The number of anilines is 1. The molecule has 0 aromatic carbocycles. The second-order valence-electron chi connectivity index (χ2n) is 3.06. The zero-order valence-electron chi connectivity index (χ0n) is 8.03. The number of rotatable bonds is 1. The van der Waals surface area contributed by atoms with Crippen LogP contribution in [0.2, 0.25) is 0 Å². The summed E-state index contributed by atoms with van der Waals surface area (Å²) in [6, 6.07) is 0. The van der Waals surface area contributed by atoms with E-state index in [-0.39, 0.29) is 11.5 Å². The number of nitrogens with zero attached hydrogens (tertiary/aromatic N) is 3. The predicted octanol–water partition coefficient (Wildman–Crippen LogP) is -0.199. The minimum absolute atomic E-state index is 0.119. The molecule has 0 saturated heterocycles. The maximum atomic E-state index is 11.4. The van der Waals surface area contributed by atoms with Crippen molar-refractivity contribution in [3.8, 4) is 0 Å². The lowest BCUT2D eigenvalue weighted by atomic mass is 10.5. The van der Waals surface area contributed by atoms with Crippen molar-refractivity contribution in [1.29, 1.82) is 0 Å². The Morgan fingerprint density at radius 1 is 1.50 bits per heavy atom. The van der Waals surface area contributed by atoms with Gasteiger partial charge in [0.1, 0.15) is 5.82 Å². The van der Waals surface area contributed by atoms with Gasteiger partial charge in [-0.15, -0.1) is 0 Å². The normalized spacial score (nSPS) is 11.0. The molecule has 0 bridgehead atoms. The van der Waals surface area contributed by atoms with Crippen LogP contribution in [0.15, 0.2) is 4.79 Å². The van der Waals surface area contributed by atoms with Gasteiger partial charge in [-0.05, 0) is 0 Å². The van der Waals surface area contributed by atoms with Crippen LogP contribution in [0.5, 0.6) is 0 Å². The molecular formula is C8H11N5O.